The van der Waals surface area contributed by atoms with E-state index in [-0.39, 0.29) is 11.5 Å². The van der Waals surface area contributed by atoms with Crippen LogP contribution in [-0.4, -0.2) is 17.0 Å². The smallest absolute Gasteiger partial charge is 0.337 e. The van der Waals surface area contributed by atoms with Gasteiger partial charge in [-0.15, -0.1) is 0 Å². The molecule has 1 amide bonds. The number of anilines is 1. The lowest BCUT2D eigenvalue weighted by Gasteiger charge is -2.11. The quantitative estimate of drug-likeness (QED) is 0.638. The minimum absolute atomic E-state index is 0.0631. The second kappa shape index (κ2) is 8.42. The molecule has 1 aromatic rings. The first-order valence-electron chi connectivity index (χ1n) is 6.48. The minimum atomic E-state index is -1.08. The molecule has 0 aromatic heterocycles. The number of unbranched alkanes of at least 4 members (excludes halogenated alkanes) is 3. The molecule has 0 aliphatic heterocycles. The highest BCUT2D eigenvalue weighted by Gasteiger charge is 2.16. The molecule has 0 unspecified atom stereocenters. The zero-order chi connectivity index (χ0) is 15.1. The largest absolute Gasteiger partial charge is 0.478 e. The lowest BCUT2D eigenvalue weighted by atomic mass is 10.1. The Kier molecular flexibility index (Phi) is 7.23. The maximum Gasteiger partial charge on any atom is 0.337 e. The molecule has 0 aliphatic rings. The summed E-state index contributed by atoms with van der Waals surface area (Å²) in [6.45, 7) is 2.11. The van der Waals surface area contributed by atoms with Gasteiger partial charge in [-0.05, 0) is 34.5 Å². The van der Waals surface area contributed by atoms with Crippen molar-refractivity contribution >= 4 is 49.4 Å². The van der Waals surface area contributed by atoms with Gasteiger partial charge >= 0.3 is 5.97 Å². The Bertz CT molecular complexity index is 503. The second-order valence-electron chi connectivity index (χ2n) is 4.47. The lowest BCUT2D eigenvalue weighted by molar-refractivity contribution is -0.116. The molecule has 1 aromatic carbocycles. The zero-order valence-electron chi connectivity index (χ0n) is 11.2. The number of hydrogen-bond donors (Lipinski definition) is 2. The van der Waals surface area contributed by atoms with Crippen LogP contribution in [0, 0.1) is 0 Å². The van der Waals surface area contributed by atoms with Gasteiger partial charge in [0.25, 0.3) is 0 Å². The summed E-state index contributed by atoms with van der Waals surface area (Å²) in [7, 11) is 0. The third-order valence-electron chi connectivity index (χ3n) is 2.81. The van der Waals surface area contributed by atoms with Gasteiger partial charge in [0.15, 0.2) is 0 Å². The van der Waals surface area contributed by atoms with Crippen molar-refractivity contribution in [3.05, 3.63) is 26.6 Å². The summed E-state index contributed by atoms with van der Waals surface area (Å²) < 4.78 is 1.19. The van der Waals surface area contributed by atoms with Crippen LogP contribution in [0.5, 0.6) is 0 Å². The highest BCUT2D eigenvalue weighted by Crippen LogP contribution is 2.31. The summed E-state index contributed by atoms with van der Waals surface area (Å²) in [6, 6.07) is 3.18. The van der Waals surface area contributed by atoms with Crippen molar-refractivity contribution in [1.82, 2.24) is 0 Å². The predicted octanol–water partition coefficient (Wildman–Crippen LogP) is 4.82. The van der Waals surface area contributed by atoms with E-state index in [0.717, 1.165) is 25.7 Å². The number of carbonyl (C=O) groups is 2. The Balaban J connectivity index is 2.76. The van der Waals surface area contributed by atoms with Gasteiger partial charge in [-0.25, -0.2) is 4.79 Å². The molecule has 1 rings (SSSR count). The lowest BCUT2D eigenvalue weighted by Crippen LogP contribution is -2.15. The molecule has 0 bridgehead atoms. The van der Waals surface area contributed by atoms with E-state index < -0.39 is 5.97 Å². The number of halogens is 2. The summed E-state index contributed by atoms with van der Waals surface area (Å²) in [6.07, 6.45) is 4.45. The van der Waals surface area contributed by atoms with Crippen molar-refractivity contribution in [3.8, 4) is 0 Å². The summed E-state index contributed by atoms with van der Waals surface area (Å²) in [5, 5.41) is 11.9. The summed E-state index contributed by atoms with van der Waals surface area (Å²) >= 11 is 6.51. The van der Waals surface area contributed by atoms with Crippen molar-refractivity contribution in [2.24, 2.45) is 0 Å². The first kappa shape index (κ1) is 17.2. The van der Waals surface area contributed by atoms with E-state index in [9.17, 15) is 14.7 Å². The van der Waals surface area contributed by atoms with Crippen LogP contribution in [-0.2, 0) is 4.79 Å². The Hall–Kier alpha value is -0.880. The molecule has 110 valence electrons. The van der Waals surface area contributed by atoms with Gasteiger partial charge in [0.1, 0.15) is 0 Å². The molecule has 6 heteroatoms. The number of carboxylic acid groups (broad SMARTS) is 1. The van der Waals surface area contributed by atoms with Gasteiger partial charge in [0.2, 0.25) is 5.91 Å². The van der Waals surface area contributed by atoms with E-state index in [1.807, 2.05) is 0 Å². The van der Waals surface area contributed by atoms with E-state index in [2.05, 4.69) is 44.1 Å². The number of carboxylic acids is 1. The van der Waals surface area contributed by atoms with Crippen molar-refractivity contribution in [1.29, 1.82) is 0 Å². The molecule has 2 N–H and O–H groups in total. The molecule has 0 radical (unpaired) electrons. The number of rotatable bonds is 7. The number of benzene rings is 1. The number of nitrogens with one attached hydrogen (secondary N) is 1. The molecule has 0 spiro atoms. The summed E-state index contributed by atoms with van der Waals surface area (Å²) in [5.41, 5.74) is 0.370. The van der Waals surface area contributed by atoms with Crippen molar-refractivity contribution in [3.63, 3.8) is 0 Å². The topological polar surface area (TPSA) is 66.4 Å². The van der Waals surface area contributed by atoms with Crippen molar-refractivity contribution in [2.45, 2.75) is 39.0 Å². The Morgan fingerprint density at radius 3 is 2.50 bits per heavy atom. The number of amides is 1. The molecule has 0 atom stereocenters. The van der Waals surface area contributed by atoms with Crippen LogP contribution >= 0.6 is 31.9 Å². The molecule has 0 aliphatic carbocycles. The molecular formula is C14H17Br2NO3. The van der Waals surface area contributed by atoms with E-state index >= 15 is 0 Å². The number of hydrogen-bond acceptors (Lipinski definition) is 2. The fraction of sp³-hybridized carbons (Fsp3) is 0.429. The minimum Gasteiger partial charge on any atom is -0.478 e. The van der Waals surface area contributed by atoms with Crippen LogP contribution in [0.2, 0.25) is 0 Å². The monoisotopic (exact) mass is 405 g/mol. The van der Waals surface area contributed by atoms with E-state index in [4.69, 9.17) is 0 Å². The van der Waals surface area contributed by atoms with Crippen molar-refractivity contribution < 1.29 is 14.7 Å². The maximum atomic E-state index is 11.9. The second-order valence-corrected chi connectivity index (χ2v) is 6.24. The van der Waals surface area contributed by atoms with Crippen molar-refractivity contribution in [2.75, 3.05) is 5.32 Å². The Morgan fingerprint density at radius 2 is 1.90 bits per heavy atom. The fourth-order valence-corrected chi connectivity index (χ4v) is 3.11. The van der Waals surface area contributed by atoms with E-state index in [0.29, 0.717) is 21.1 Å². The SMILES string of the molecule is CCCCCCC(=O)Nc1c(Br)cc(Br)cc1C(=O)O. The number of aromatic carboxylic acids is 1. The molecule has 0 heterocycles. The average molecular weight is 407 g/mol. The first-order valence-corrected chi connectivity index (χ1v) is 8.06. The Labute approximate surface area is 135 Å². The standard InChI is InChI=1S/C14H17Br2NO3/c1-2-3-4-5-6-12(18)17-13-10(14(19)20)7-9(15)8-11(13)16/h7-8H,2-6H2,1H3,(H,17,18)(H,19,20). The fourth-order valence-electron chi connectivity index (χ4n) is 1.78. The first-order chi connectivity index (χ1) is 9.45. The maximum absolute atomic E-state index is 11.9. The van der Waals surface area contributed by atoms with Crippen LogP contribution in [0.25, 0.3) is 0 Å². The molecule has 20 heavy (non-hydrogen) atoms. The van der Waals surface area contributed by atoms with Crippen LogP contribution in [0.15, 0.2) is 21.1 Å². The zero-order valence-corrected chi connectivity index (χ0v) is 14.4. The van der Waals surface area contributed by atoms with Gasteiger partial charge in [0, 0.05) is 15.4 Å². The Morgan fingerprint density at radius 1 is 1.20 bits per heavy atom. The molecule has 0 saturated carbocycles. The summed E-state index contributed by atoms with van der Waals surface area (Å²) in [4.78, 5) is 23.1. The molecular weight excluding hydrogens is 390 g/mol. The average Bonchev–Trinajstić information content (AvgIpc) is 2.37. The van der Waals surface area contributed by atoms with Crippen LogP contribution in [0.3, 0.4) is 0 Å². The van der Waals surface area contributed by atoms with Gasteiger partial charge < -0.3 is 10.4 Å². The van der Waals surface area contributed by atoms with E-state index in [1.165, 1.54) is 6.07 Å². The highest BCUT2D eigenvalue weighted by atomic mass is 79.9. The van der Waals surface area contributed by atoms with E-state index in [1.54, 1.807) is 6.07 Å². The van der Waals surface area contributed by atoms with Gasteiger partial charge in [0.05, 0.1) is 11.3 Å². The van der Waals surface area contributed by atoms with Gasteiger partial charge in [-0.3, -0.25) is 4.79 Å². The van der Waals surface area contributed by atoms with Gasteiger partial charge in [-0.1, -0.05) is 42.1 Å². The number of carbonyl (C=O) groups excluding carboxylic acids is 1. The third-order valence-corrected chi connectivity index (χ3v) is 3.89. The van der Waals surface area contributed by atoms with Crippen LogP contribution in [0.4, 0.5) is 5.69 Å². The van der Waals surface area contributed by atoms with Gasteiger partial charge in [-0.2, -0.15) is 0 Å². The molecule has 4 nitrogen and oxygen atoms in total. The summed E-state index contributed by atoms with van der Waals surface area (Å²) in [5.74, 6) is -1.24. The normalized spacial score (nSPS) is 10.3. The highest BCUT2D eigenvalue weighted by molar-refractivity contribution is 9.11. The molecule has 0 saturated heterocycles. The van der Waals surface area contributed by atoms with Crippen LogP contribution in [0.1, 0.15) is 49.4 Å². The predicted molar refractivity (Wildman–Crippen MR) is 86.2 cm³/mol. The van der Waals surface area contributed by atoms with Crippen LogP contribution < -0.4 is 5.32 Å². The third kappa shape index (κ3) is 5.25. The molecule has 0 fully saturated rings.